The van der Waals surface area contributed by atoms with Crippen molar-refractivity contribution in [1.82, 2.24) is 4.90 Å². The van der Waals surface area contributed by atoms with Crippen LogP contribution in [0.1, 0.15) is 33.6 Å². The number of hydrogen-bond acceptors (Lipinski definition) is 4. The molecular formula is C14H12FNO4. The minimum absolute atomic E-state index is 0.203. The average Bonchev–Trinajstić information content (AvgIpc) is 2.67. The molecule has 1 fully saturated rings. The number of hydrogen-bond donors (Lipinski definition) is 0. The summed E-state index contributed by atoms with van der Waals surface area (Å²) in [5.74, 6) is -1.88. The van der Waals surface area contributed by atoms with E-state index >= 15 is 0 Å². The van der Waals surface area contributed by atoms with E-state index in [1.807, 2.05) is 0 Å². The number of benzene rings is 1. The second-order valence-corrected chi connectivity index (χ2v) is 5.02. The molecule has 0 radical (unpaired) electrons. The molecule has 2 amide bonds. The van der Waals surface area contributed by atoms with Crippen LogP contribution in [0.2, 0.25) is 0 Å². The maximum absolute atomic E-state index is 13.3. The van der Waals surface area contributed by atoms with Gasteiger partial charge < -0.3 is 4.74 Å². The second kappa shape index (κ2) is 4.13. The number of imide groups is 1. The normalized spacial score (nSPS) is 28.1. The number of carbonyl (C=O) groups is 3. The Morgan fingerprint density at radius 1 is 1.25 bits per heavy atom. The number of halogens is 1. The molecule has 5 nitrogen and oxygen atoms in total. The van der Waals surface area contributed by atoms with Gasteiger partial charge in [0.25, 0.3) is 11.8 Å². The molecule has 1 aliphatic carbocycles. The highest BCUT2D eigenvalue weighted by atomic mass is 18.2. The van der Waals surface area contributed by atoms with E-state index in [0.29, 0.717) is 0 Å². The van der Waals surface area contributed by atoms with Crippen molar-refractivity contribution in [3.05, 3.63) is 35.4 Å². The monoisotopic (exact) mass is 276 g/mol. The fourth-order valence-electron chi connectivity index (χ4n) is 2.88. The number of ether oxygens (including phenoxy) is 1. The highest BCUT2D eigenvalue weighted by Gasteiger charge is 2.61. The molecule has 6 heteroatoms. The lowest BCUT2D eigenvalue weighted by molar-refractivity contribution is -0.161. The van der Waals surface area contributed by atoms with Gasteiger partial charge in [0, 0.05) is 12.8 Å². The molecule has 20 heavy (non-hydrogen) atoms. The summed E-state index contributed by atoms with van der Waals surface area (Å²) in [7, 11) is 1.16. The van der Waals surface area contributed by atoms with Crippen molar-refractivity contribution in [3.63, 3.8) is 0 Å². The van der Waals surface area contributed by atoms with Crippen LogP contribution in [0.3, 0.4) is 0 Å². The summed E-state index contributed by atoms with van der Waals surface area (Å²) in [5, 5.41) is 0. The summed E-state index contributed by atoms with van der Waals surface area (Å²) in [5.41, 5.74) is -1.02. The fourth-order valence-corrected chi connectivity index (χ4v) is 2.88. The molecule has 0 saturated heterocycles. The molecule has 1 aromatic rings. The van der Waals surface area contributed by atoms with E-state index in [-0.39, 0.29) is 24.0 Å². The van der Waals surface area contributed by atoms with E-state index in [1.165, 1.54) is 12.1 Å². The fraction of sp³-hybridized carbons (Fsp3) is 0.357. The first-order valence-corrected chi connectivity index (χ1v) is 6.21. The molecule has 0 aromatic heterocycles. The Bertz CT molecular complexity index is 586. The quantitative estimate of drug-likeness (QED) is 0.604. The zero-order valence-corrected chi connectivity index (χ0v) is 10.8. The molecule has 1 aliphatic heterocycles. The predicted octanol–water partition coefficient (Wildman–Crippen LogP) is 1.33. The van der Waals surface area contributed by atoms with Crippen LogP contribution in [0.25, 0.3) is 0 Å². The third-order valence-corrected chi connectivity index (χ3v) is 3.91. The van der Waals surface area contributed by atoms with Crippen molar-refractivity contribution in [2.75, 3.05) is 7.11 Å². The Hall–Kier alpha value is -2.24. The van der Waals surface area contributed by atoms with Crippen LogP contribution in [0.4, 0.5) is 4.39 Å². The first-order valence-electron chi connectivity index (χ1n) is 6.21. The number of carbonyl (C=O) groups excluding carboxylic acids is 3. The van der Waals surface area contributed by atoms with Crippen molar-refractivity contribution in [2.45, 2.75) is 24.6 Å². The van der Waals surface area contributed by atoms with Crippen LogP contribution in [0, 0.1) is 0 Å². The average molecular weight is 276 g/mol. The lowest BCUT2D eigenvalue weighted by Crippen LogP contribution is -2.65. The summed E-state index contributed by atoms with van der Waals surface area (Å²) in [4.78, 5) is 37.5. The van der Waals surface area contributed by atoms with Crippen LogP contribution in [0.5, 0.6) is 0 Å². The number of esters is 1. The molecule has 3 rings (SSSR count). The highest BCUT2D eigenvalue weighted by molar-refractivity contribution is 6.23. The van der Waals surface area contributed by atoms with E-state index in [1.54, 1.807) is 12.1 Å². The van der Waals surface area contributed by atoms with Crippen molar-refractivity contribution >= 4 is 17.8 Å². The zero-order valence-electron chi connectivity index (χ0n) is 10.8. The van der Waals surface area contributed by atoms with Crippen LogP contribution in [-0.4, -0.2) is 41.5 Å². The highest BCUT2D eigenvalue weighted by Crippen LogP contribution is 2.44. The van der Waals surface area contributed by atoms with Crippen molar-refractivity contribution in [3.8, 4) is 0 Å². The Kier molecular flexibility index (Phi) is 2.64. The summed E-state index contributed by atoms with van der Waals surface area (Å²) < 4.78 is 18.0. The van der Waals surface area contributed by atoms with E-state index in [4.69, 9.17) is 0 Å². The number of nitrogens with zero attached hydrogens (tertiary/aromatic N) is 1. The third-order valence-electron chi connectivity index (χ3n) is 3.91. The van der Waals surface area contributed by atoms with Gasteiger partial charge in [0.1, 0.15) is 6.17 Å². The summed E-state index contributed by atoms with van der Waals surface area (Å²) in [6.07, 6.45) is -1.62. The maximum Gasteiger partial charge on any atom is 0.332 e. The van der Waals surface area contributed by atoms with Gasteiger partial charge >= 0.3 is 5.97 Å². The summed E-state index contributed by atoms with van der Waals surface area (Å²) in [6, 6.07) is 6.31. The van der Waals surface area contributed by atoms with E-state index in [2.05, 4.69) is 4.74 Å². The molecule has 2 aliphatic rings. The van der Waals surface area contributed by atoms with Gasteiger partial charge in [0.15, 0.2) is 5.54 Å². The minimum Gasteiger partial charge on any atom is -0.467 e. The van der Waals surface area contributed by atoms with Gasteiger partial charge in [-0.25, -0.2) is 9.18 Å². The first kappa shape index (κ1) is 12.8. The van der Waals surface area contributed by atoms with Gasteiger partial charge in [-0.15, -0.1) is 0 Å². The van der Waals surface area contributed by atoms with Crippen molar-refractivity contribution in [1.29, 1.82) is 0 Å². The lowest BCUT2D eigenvalue weighted by Gasteiger charge is -2.46. The number of amides is 2. The van der Waals surface area contributed by atoms with Crippen molar-refractivity contribution < 1.29 is 23.5 Å². The molecule has 0 atom stereocenters. The molecule has 0 unspecified atom stereocenters. The Morgan fingerprint density at radius 3 is 2.15 bits per heavy atom. The van der Waals surface area contributed by atoms with Crippen LogP contribution >= 0.6 is 0 Å². The molecular weight excluding hydrogens is 264 g/mol. The van der Waals surface area contributed by atoms with Crippen LogP contribution in [-0.2, 0) is 9.53 Å². The molecule has 0 N–H and O–H groups in total. The smallest absolute Gasteiger partial charge is 0.332 e. The minimum atomic E-state index is -1.50. The summed E-state index contributed by atoms with van der Waals surface area (Å²) >= 11 is 0. The van der Waals surface area contributed by atoms with Gasteiger partial charge in [-0.3, -0.25) is 14.5 Å². The zero-order chi connectivity index (χ0) is 14.5. The standard InChI is InChI=1S/C14H12FNO4/c1-20-13(19)14(6-8(15)7-14)16-11(17)9-4-2-3-5-10(9)12(16)18/h2-5,8H,6-7H2,1H3/i15-1. The Balaban J connectivity index is 2.05. The maximum atomic E-state index is 13.3. The van der Waals surface area contributed by atoms with Crippen LogP contribution in [0.15, 0.2) is 24.3 Å². The van der Waals surface area contributed by atoms with Crippen molar-refractivity contribution in [2.24, 2.45) is 0 Å². The van der Waals surface area contributed by atoms with Gasteiger partial charge in [-0.2, -0.15) is 0 Å². The third kappa shape index (κ3) is 1.44. The molecule has 0 spiro atoms. The van der Waals surface area contributed by atoms with Gasteiger partial charge in [-0.1, -0.05) is 12.1 Å². The Morgan fingerprint density at radius 2 is 1.75 bits per heavy atom. The largest absolute Gasteiger partial charge is 0.467 e. The molecule has 1 heterocycles. The summed E-state index contributed by atoms with van der Waals surface area (Å²) in [6.45, 7) is 0. The van der Waals surface area contributed by atoms with Crippen LogP contribution < -0.4 is 0 Å². The van der Waals surface area contributed by atoms with E-state index in [9.17, 15) is 18.8 Å². The molecule has 1 saturated carbocycles. The molecule has 0 bridgehead atoms. The number of alkyl halides is 1. The number of fused-ring (bicyclic) bond motifs is 1. The second-order valence-electron chi connectivity index (χ2n) is 5.02. The van der Waals surface area contributed by atoms with E-state index < -0.39 is 29.5 Å². The molecule has 1 aromatic carbocycles. The van der Waals surface area contributed by atoms with Gasteiger partial charge in [-0.05, 0) is 12.1 Å². The topological polar surface area (TPSA) is 63.7 Å². The molecule has 104 valence electrons. The Labute approximate surface area is 114 Å². The number of rotatable bonds is 2. The van der Waals surface area contributed by atoms with Gasteiger partial charge in [0.05, 0.1) is 18.2 Å². The van der Waals surface area contributed by atoms with E-state index in [0.717, 1.165) is 12.0 Å². The number of methoxy groups -OCH3 is 1. The predicted molar refractivity (Wildman–Crippen MR) is 65.8 cm³/mol. The van der Waals surface area contributed by atoms with Gasteiger partial charge in [0.2, 0.25) is 0 Å². The SMILES string of the molecule is COC(=O)C1(N2C(=O)c3ccccc3C2=O)CC([18F])C1. The lowest BCUT2D eigenvalue weighted by atomic mass is 9.73. The first-order chi connectivity index (χ1) is 9.51.